The third kappa shape index (κ3) is 4.64. The van der Waals surface area contributed by atoms with Gasteiger partial charge in [0.25, 0.3) is 0 Å². The molecule has 5 rings (SSSR count). The van der Waals surface area contributed by atoms with Crippen LogP contribution in [0, 0.1) is 0 Å². The van der Waals surface area contributed by atoms with E-state index < -0.39 is 0 Å². The van der Waals surface area contributed by atoms with Gasteiger partial charge < -0.3 is 23.8 Å². The molecule has 0 radical (unpaired) electrons. The van der Waals surface area contributed by atoms with Crippen molar-refractivity contribution < 1.29 is 18.9 Å². The quantitative estimate of drug-likeness (QED) is 0.321. The van der Waals surface area contributed by atoms with Gasteiger partial charge in [0.05, 0.1) is 49.7 Å². The van der Waals surface area contributed by atoms with E-state index in [1.54, 1.807) is 38.5 Å². The number of rotatable bonds is 9. The van der Waals surface area contributed by atoms with Gasteiger partial charge >= 0.3 is 0 Å². The molecule has 188 valence electrons. The number of halogens is 1. The second-order valence-corrected chi connectivity index (χ2v) is 8.90. The van der Waals surface area contributed by atoms with Gasteiger partial charge in [-0.1, -0.05) is 23.7 Å². The van der Waals surface area contributed by atoms with Crippen LogP contribution in [0.2, 0.25) is 5.02 Å². The molecule has 1 saturated heterocycles. The molecule has 9 nitrogen and oxygen atoms in total. The summed E-state index contributed by atoms with van der Waals surface area (Å²) in [6.45, 7) is 1.98. The van der Waals surface area contributed by atoms with Gasteiger partial charge in [-0.15, -0.1) is 0 Å². The number of ether oxygens (including phenoxy) is 4. The predicted octanol–water partition coefficient (Wildman–Crippen LogP) is 4.68. The maximum Gasteiger partial charge on any atom is 0.203 e. The highest BCUT2D eigenvalue weighted by atomic mass is 35.5. The molecule has 0 amide bonds. The molecule has 0 bridgehead atoms. The average molecular weight is 510 g/mol. The van der Waals surface area contributed by atoms with Gasteiger partial charge in [0.2, 0.25) is 5.75 Å². The Morgan fingerprint density at radius 1 is 1.08 bits per heavy atom. The number of fused-ring (bicyclic) bond motifs is 1. The maximum atomic E-state index is 6.46. The second-order valence-electron chi connectivity index (χ2n) is 8.49. The van der Waals surface area contributed by atoms with Gasteiger partial charge in [-0.2, -0.15) is 5.10 Å². The lowest BCUT2D eigenvalue weighted by Crippen LogP contribution is -2.32. The molecule has 3 heterocycles. The van der Waals surface area contributed by atoms with Crippen LogP contribution in [0.4, 0.5) is 5.82 Å². The average Bonchev–Trinajstić information content (AvgIpc) is 3.58. The van der Waals surface area contributed by atoms with Crippen LogP contribution in [0.1, 0.15) is 18.4 Å². The van der Waals surface area contributed by atoms with Gasteiger partial charge in [0.1, 0.15) is 12.1 Å². The lowest BCUT2D eigenvalue weighted by Gasteiger charge is -2.27. The van der Waals surface area contributed by atoms with E-state index in [-0.39, 0.29) is 6.10 Å². The van der Waals surface area contributed by atoms with Crippen LogP contribution in [0.3, 0.4) is 0 Å². The summed E-state index contributed by atoms with van der Waals surface area (Å²) >= 11 is 6.46. The summed E-state index contributed by atoms with van der Waals surface area (Å²) in [7, 11) is 4.82. The van der Waals surface area contributed by atoms with Crippen LogP contribution in [-0.4, -0.2) is 60.3 Å². The van der Waals surface area contributed by atoms with Crippen molar-refractivity contribution >= 4 is 28.5 Å². The summed E-state index contributed by atoms with van der Waals surface area (Å²) in [5.74, 6) is 2.52. The van der Waals surface area contributed by atoms with Gasteiger partial charge in [-0.05, 0) is 42.7 Å². The first-order chi connectivity index (χ1) is 17.6. The van der Waals surface area contributed by atoms with E-state index in [0.29, 0.717) is 41.0 Å². The zero-order valence-corrected chi connectivity index (χ0v) is 21.2. The lowest BCUT2D eigenvalue weighted by atomic mass is 10.1. The Hall–Kier alpha value is -3.56. The Morgan fingerprint density at radius 3 is 2.53 bits per heavy atom. The summed E-state index contributed by atoms with van der Waals surface area (Å²) in [4.78, 5) is 11.4. The Balaban J connectivity index is 1.57. The van der Waals surface area contributed by atoms with Crippen molar-refractivity contribution in [3.63, 3.8) is 0 Å². The SMILES string of the molecule is COc1cc(CN(C[C@H]2CCCO2)c2ncnc3c2cnn3-c2ccccc2Cl)cc(OC)c1OC. The Kier molecular flexibility index (Phi) is 7.11. The lowest BCUT2D eigenvalue weighted by molar-refractivity contribution is 0.115. The number of methoxy groups -OCH3 is 3. The van der Waals surface area contributed by atoms with E-state index in [2.05, 4.69) is 20.0 Å². The van der Waals surface area contributed by atoms with E-state index in [1.807, 2.05) is 36.4 Å². The molecule has 4 aromatic rings. The molecular formula is C26H28ClN5O4. The van der Waals surface area contributed by atoms with Crippen molar-refractivity contribution in [2.75, 3.05) is 39.4 Å². The van der Waals surface area contributed by atoms with Crippen LogP contribution >= 0.6 is 11.6 Å². The molecule has 1 aliphatic rings. The van der Waals surface area contributed by atoms with Gasteiger partial charge in [-0.25, -0.2) is 14.6 Å². The predicted molar refractivity (Wildman–Crippen MR) is 138 cm³/mol. The molecular weight excluding hydrogens is 482 g/mol. The third-order valence-electron chi connectivity index (χ3n) is 6.27. The standard InChI is InChI=1S/C26H28ClN5O4/c1-33-22-11-17(12-23(34-2)24(22)35-3)14-31(15-18-7-6-10-36-18)25-19-13-30-32(26(19)29-16-28-25)21-9-5-4-8-20(21)27/h4-5,8-9,11-13,16,18H,6-7,10,14-15H2,1-3H3/t18-/m1/s1. The van der Waals surface area contributed by atoms with Crippen molar-refractivity contribution in [1.29, 1.82) is 0 Å². The molecule has 0 unspecified atom stereocenters. The fraction of sp³-hybridized carbons (Fsp3) is 0.346. The minimum Gasteiger partial charge on any atom is -0.493 e. The molecule has 36 heavy (non-hydrogen) atoms. The minimum atomic E-state index is 0.107. The first-order valence-corrected chi connectivity index (χ1v) is 12.1. The van der Waals surface area contributed by atoms with Crippen LogP contribution < -0.4 is 19.1 Å². The normalized spacial score (nSPS) is 15.3. The highest BCUT2D eigenvalue weighted by Crippen LogP contribution is 2.39. The maximum absolute atomic E-state index is 6.46. The van der Waals surface area contributed by atoms with Crippen LogP contribution in [-0.2, 0) is 11.3 Å². The fourth-order valence-corrected chi connectivity index (χ4v) is 4.81. The third-order valence-corrected chi connectivity index (χ3v) is 6.59. The molecule has 1 fully saturated rings. The Morgan fingerprint density at radius 2 is 1.86 bits per heavy atom. The van der Waals surface area contributed by atoms with Crippen LogP contribution in [0.15, 0.2) is 48.9 Å². The van der Waals surface area contributed by atoms with E-state index in [1.165, 1.54) is 0 Å². The van der Waals surface area contributed by atoms with Gasteiger partial charge in [0.15, 0.2) is 17.1 Å². The zero-order chi connectivity index (χ0) is 25.1. The highest BCUT2D eigenvalue weighted by molar-refractivity contribution is 6.32. The Bertz CT molecular complexity index is 1330. The van der Waals surface area contributed by atoms with Crippen molar-refractivity contribution in [2.45, 2.75) is 25.5 Å². The molecule has 0 saturated carbocycles. The highest BCUT2D eigenvalue weighted by Gasteiger charge is 2.24. The zero-order valence-electron chi connectivity index (χ0n) is 20.5. The fourth-order valence-electron chi connectivity index (χ4n) is 4.59. The van der Waals surface area contributed by atoms with Gasteiger partial charge in [0, 0.05) is 19.7 Å². The number of para-hydroxylation sites is 1. The molecule has 1 aliphatic heterocycles. The second kappa shape index (κ2) is 10.6. The summed E-state index contributed by atoms with van der Waals surface area (Å²) in [6.07, 6.45) is 5.50. The molecule has 10 heteroatoms. The molecule has 0 spiro atoms. The number of aromatic nitrogens is 4. The molecule has 2 aromatic carbocycles. The number of anilines is 1. The molecule has 2 aromatic heterocycles. The van der Waals surface area contributed by atoms with Crippen molar-refractivity contribution in [1.82, 2.24) is 19.7 Å². The first kappa shape index (κ1) is 24.1. The number of benzene rings is 2. The van der Waals surface area contributed by atoms with Crippen LogP contribution in [0.25, 0.3) is 16.7 Å². The summed E-state index contributed by atoms with van der Waals surface area (Å²) in [6, 6.07) is 11.5. The summed E-state index contributed by atoms with van der Waals surface area (Å²) < 4.78 is 24.4. The molecule has 0 N–H and O–H groups in total. The van der Waals surface area contributed by atoms with Crippen LogP contribution in [0.5, 0.6) is 17.2 Å². The monoisotopic (exact) mass is 509 g/mol. The van der Waals surface area contributed by atoms with Crippen molar-refractivity contribution in [3.8, 4) is 22.9 Å². The van der Waals surface area contributed by atoms with E-state index >= 15 is 0 Å². The van der Waals surface area contributed by atoms with Gasteiger partial charge in [-0.3, -0.25) is 0 Å². The smallest absolute Gasteiger partial charge is 0.203 e. The summed E-state index contributed by atoms with van der Waals surface area (Å²) in [5, 5.41) is 6.02. The number of nitrogens with zero attached hydrogens (tertiary/aromatic N) is 5. The minimum absolute atomic E-state index is 0.107. The Labute approximate surface area is 214 Å². The number of hydrogen-bond donors (Lipinski definition) is 0. The first-order valence-electron chi connectivity index (χ1n) is 11.7. The van der Waals surface area contributed by atoms with E-state index in [9.17, 15) is 0 Å². The van der Waals surface area contributed by atoms with Crippen molar-refractivity contribution in [2.24, 2.45) is 0 Å². The summed E-state index contributed by atoms with van der Waals surface area (Å²) in [5.41, 5.74) is 2.41. The largest absolute Gasteiger partial charge is 0.493 e. The van der Waals surface area contributed by atoms with E-state index in [4.69, 9.17) is 30.5 Å². The molecule has 1 atom stereocenters. The number of hydrogen-bond acceptors (Lipinski definition) is 8. The van der Waals surface area contributed by atoms with Crippen molar-refractivity contribution in [3.05, 3.63) is 59.5 Å². The topological polar surface area (TPSA) is 83.8 Å². The van der Waals surface area contributed by atoms with E-state index in [0.717, 1.165) is 41.9 Å². The molecule has 0 aliphatic carbocycles.